The van der Waals surface area contributed by atoms with Crippen LogP contribution in [-0.4, -0.2) is 15.1 Å². The molecular weight excluding hydrogens is 259 g/mol. The maximum atomic E-state index is 12.8. The van der Waals surface area contributed by atoms with Crippen molar-refractivity contribution in [3.63, 3.8) is 0 Å². The number of aromatic nitrogens is 3. The number of hydrogen-bond acceptors (Lipinski definition) is 5. The lowest BCUT2D eigenvalue weighted by atomic mass is 10.1. The van der Waals surface area contributed by atoms with E-state index in [1.165, 1.54) is 12.1 Å². The summed E-state index contributed by atoms with van der Waals surface area (Å²) in [6.45, 7) is 0. The molecule has 2 N–H and O–H groups in total. The lowest BCUT2D eigenvalue weighted by molar-refractivity contribution is 0.422. The van der Waals surface area contributed by atoms with Gasteiger partial charge in [-0.25, -0.2) is 9.37 Å². The first kappa shape index (κ1) is 12.3. The van der Waals surface area contributed by atoms with Gasteiger partial charge in [0.25, 0.3) is 5.89 Å². The van der Waals surface area contributed by atoms with Crippen LogP contribution in [0.1, 0.15) is 11.4 Å². The predicted octanol–water partition coefficient (Wildman–Crippen LogP) is 2.44. The van der Waals surface area contributed by atoms with Crippen LogP contribution < -0.4 is 5.73 Å². The van der Waals surface area contributed by atoms with E-state index in [1.807, 2.05) is 0 Å². The van der Waals surface area contributed by atoms with Gasteiger partial charge in [-0.2, -0.15) is 4.98 Å². The topological polar surface area (TPSA) is 77.8 Å². The number of nitrogen functional groups attached to an aromatic ring is 1. The van der Waals surface area contributed by atoms with Gasteiger partial charge < -0.3 is 10.3 Å². The zero-order valence-corrected chi connectivity index (χ0v) is 10.5. The van der Waals surface area contributed by atoms with Crippen LogP contribution in [0.15, 0.2) is 47.0 Å². The Bertz CT molecular complexity index is 724. The molecule has 0 fully saturated rings. The van der Waals surface area contributed by atoms with E-state index >= 15 is 0 Å². The molecule has 0 aliphatic carbocycles. The number of benzene rings is 1. The van der Waals surface area contributed by atoms with Crippen molar-refractivity contribution in [2.45, 2.75) is 6.42 Å². The smallest absolute Gasteiger partial charge is 0.276 e. The number of rotatable bonds is 3. The zero-order chi connectivity index (χ0) is 13.9. The molecule has 3 aromatic rings. The van der Waals surface area contributed by atoms with Crippen LogP contribution >= 0.6 is 0 Å². The molecule has 0 aliphatic heterocycles. The molecular formula is C14H11FN4O. The molecule has 0 saturated carbocycles. The second kappa shape index (κ2) is 5.08. The largest absolute Gasteiger partial charge is 0.384 e. The van der Waals surface area contributed by atoms with Crippen molar-refractivity contribution in [3.8, 4) is 11.6 Å². The molecule has 0 aliphatic rings. The standard InChI is InChI=1S/C14H11FN4O/c15-10-6-4-9(5-7-10)8-13-18-14(20-19-13)11-2-1-3-12(16)17-11/h1-7H,8H2,(H2,16,17). The molecule has 100 valence electrons. The fourth-order valence-corrected chi connectivity index (χ4v) is 1.79. The molecule has 0 unspecified atom stereocenters. The molecule has 1 aromatic carbocycles. The summed E-state index contributed by atoms with van der Waals surface area (Å²) in [5.41, 5.74) is 7.04. The van der Waals surface area contributed by atoms with Gasteiger partial charge in [0.05, 0.1) is 0 Å². The fourth-order valence-electron chi connectivity index (χ4n) is 1.79. The second-order valence-corrected chi connectivity index (χ2v) is 4.27. The first-order valence-electron chi connectivity index (χ1n) is 6.00. The Morgan fingerprint density at radius 3 is 2.60 bits per heavy atom. The van der Waals surface area contributed by atoms with Crippen LogP contribution in [-0.2, 0) is 6.42 Å². The van der Waals surface area contributed by atoms with Crippen molar-refractivity contribution in [1.29, 1.82) is 0 Å². The maximum absolute atomic E-state index is 12.8. The van der Waals surface area contributed by atoms with E-state index in [2.05, 4.69) is 15.1 Å². The van der Waals surface area contributed by atoms with E-state index in [4.69, 9.17) is 10.3 Å². The normalized spacial score (nSPS) is 10.7. The fraction of sp³-hybridized carbons (Fsp3) is 0.0714. The highest BCUT2D eigenvalue weighted by atomic mass is 19.1. The van der Waals surface area contributed by atoms with E-state index in [0.29, 0.717) is 29.6 Å². The molecule has 20 heavy (non-hydrogen) atoms. The maximum Gasteiger partial charge on any atom is 0.276 e. The molecule has 0 atom stereocenters. The molecule has 0 bridgehead atoms. The van der Waals surface area contributed by atoms with Crippen LogP contribution in [0.3, 0.4) is 0 Å². The monoisotopic (exact) mass is 270 g/mol. The van der Waals surface area contributed by atoms with Gasteiger partial charge in [-0.3, -0.25) is 0 Å². The Morgan fingerprint density at radius 1 is 1.05 bits per heavy atom. The van der Waals surface area contributed by atoms with Gasteiger partial charge in [0.15, 0.2) is 5.82 Å². The van der Waals surface area contributed by atoms with E-state index < -0.39 is 0 Å². The zero-order valence-electron chi connectivity index (χ0n) is 10.5. The molecule has 2 aromatic heterocycles. The Morgan fingerprint density at radius 2 is 1.85 bits per heavy atom. The lowest BCUT2D eigenvalue weighted by Crippen LogP contribution is -1.93. The van der Waals surface area contributed by atoms with E-state index in [0.717, 1.165) is 5.56 Å². The van der Waals surface area contributed by atoms with Crippen molar-refractivity contribution in [2.24, 2.45) is 0 Å². The number of nitrogens with zero attached hydrogens (tertiary/aromatic N) is 3. The number of nitrogens with two attached hydrogens (primary N) is 1. The summed E-state index contributed by atoms with van der Waals surface area (Å²) in [4.78, 5) is 8.36. The van der Waals surface area contributed by atoms with Gasteiger partial charge in [0, 0.05) is 6.42 Å². The number of pyridine rings is 1. The minimum atomic E-state index is -0.272. The summed E-state index contributed by atoms with van der Waals surface area (Å²) in [7, 11) is 0. The average molecular weight is 270 g/mol. The van der Waals surface area contributed by atoms with E-state index in [9.17, 15) is 4.39 Å². The summed E-state index contributed by atoms with van der Waals surface area (Å²) in [5.74, 6) is 0.942. The van der Waals surface area contributed by atoms with Crippen molar-refractivity contribution in [1.82, 2.24) is 15.1 Å². The molecule has 0 amide bonds. The van der Waals surface area contributed by atoms with Crippen molar-refractivity contribution in [2.75, 3.05) is 5.73 Å². The first-order valence-corrected chi connectivity index (χ1v) is 6.00. The third-order valence-electron chi connectivity index (χ3n) is 2.73. The second-order valence-electron chi connectivity index (χ2n) is 4.27. The minimum Gasteiger partial charge on any atom is -0.384 e. The summed E-state index contributed by atoms with van der Waals surface area (Å²) >= 11 is 0. The van der Waals surface area contributed by atoms with Gasteiger partial charge in [0.1, 0.15) is 17.3 Å². The Kier molecular flexibility index (Phi) is 3.12. The summed E-state index contributed by atoms with van der Waals surface area (Å²) in [5, 5.41) is 3.88. The van der Waals surface area contributed by atoms with E-state index in [1.54, 1.807) is 30.3 Å². The van der Waals surface area contributed by atoms with Gasteiger partial charge in [-0.1, -0.05) is 23.4 Å². The number of hydrogen-bond donors (Lipinski definition) is 1. The lowest BCUT2D eigenvalue weighted by Gasteiger charge is -1.96. The number of anilines is 1. The first-order chi connectivity index (χ1) is 9.70. The Labute approximate surface area is 114 Å². The Hall–Kier alpha value is -2.76. The summed E-state index contributed by atoms with van der Waals surface area (Å²) in [6, 6.07) is 11.4. The van der Waals surface area contributed by atoms with Crippen LogP contribution in [0.4, 0.5) is 10.2 Å². The molecule has 0 radical (unpaired) electrons. The molecule has 0 saturated heterocycles. The summed E-state index contributed by atoms with van der Waals surface area (Å²) in [6.07, 6.45) is 0.464. The molecule has 3 rings (SSSR count). The third-order valence-corrected chi connectivity index (χ3v) is 2.73. The number of halogens is 1. The average Bonchev–Trinajstić information content (AvgIpc) is 2.90. The summed E-state index contributed by atoms with van der Waals surface area (Å²) < 4.78 is 18.0. The van der Waals surface area contributed by atoms with Crippen molar-refractivity contribution < 1.29 is 8.91 Å². The van der Waals surface area contributed by atoms with Crippen molar-refractivity contribution >= 4 is 5.82 Å². The minimum absolute atomic E-state index is 0.272. The highest BCUT2D eigenvalue weighted by Crippen LogP contribution is 2.17. The van der Waals surface area contributed by atoms with Gasteiger partial charge in [-0.05, 0) is 29.8 Å². The van der Waals surface area contributed by atoms with Gasteiger partial charge >= 0.3 is 0 Å². The molecule has 5 nitrogen and oxygen atoms in total. The predicted molar refractivity (Wildman–Crippen MR) is 71.1 cm³/mol. The van der Waals surface area contributed by atoms with Crippen LogP contribution in [0.2, 0.25) is 0 Å². The van der Waals surface area contributed by atoms with Crippen molar-refractivity contribution in [3.05, 3.63) is 59.7 Å². The molecule has 0 spiro atoms. The van der Waals surface area contributed by atoms with Crippen LogP contribution in [0.5, 0.6) is 0 Å². The van der Waals surface area contributed by atoms with Crippen LogP contribution in [0, 0.1) is 5.82 Å². The highest BCUT2D eigenvalue weighted by Gasteiger charge is 2.10. The molecule has 2 heterocycles. The van der Waals surface area contributed by atoms with Crippen LogP contribution in [0.25, 0.3) is 11.6 Å². The van der Waals surface area contributed by atoms with Gasteiger partial charge in [-0.15, -0.1) is 0 Å². The quantitative estimate of drug-likeness (QED) is 0.790. The van der Waals surface area contributed by atoms with E-state index in [-0.39, 0.29) is 5.82 Å². The highest BCUT2D eigenvalue weighted by molar-refractivity contribution is 5.50. The SMILES string of the molecule is Nc1cccc(-c2nc(Cc3ccc(F)cc3)no2)n1. The molecule has 6 heteroatoms. The van der Waals surface area contributed by atoms with Gasteiger partial charge in [0.2, 0.25) is 0 Å². The Balaban J connectivity index is 1.82. The third kappa shape index (κ3) is 2.64.